The predicted molar refractivity (Wildman–Crippen MR) is 82.9 cm³/mol. The molecular weight excluding hydrogens is 246 g/mol. The van der Waals surface area contributed by atoms with Crippen LogP contribution in [0.5, 0.6) is 0 Å². The van der Waals surface area contributed by atoms with Gasteiger partial charge in [0, 0.05) is 12.6 Å². The third-order valence-electron chi connectivity index (χ3n) is 4.02. The minimum atomic E-state index is 0.0589. The van der Waals surface area contributed by atoms with Gasteiger partial charge >= 0.3 is 0 Å². The van der Waals surface area contributed by atoms with Crippen molar-refractivity contribution in [3.8, 4) is 0 Å². The minimum Gasteiger partial charge on any atom is -0.335 e. The molecule has 2 aromatic rings. The van der Waals surface area contributed by atoms with Crippen LogP contribution in [0.3, 0.4) is 0 Å². The molecule has 2 nitrogen and oxygen atoms in total. The van der Waals surface area contributed by atoms with Gasteiger partial charge in [0.25, 0.3) is 5.91 Å². The molecule has 2 heteroatoms. The molecule has 104 valence electrons. The van der Waals surface area contributed by atoms with Crippen molar-refractivity contribution in [2.45, 2.75) is 26.8 Å². The average molecular weight is 267 g/mol. The van der Waals surface area contributed by atoms with E-state index < -0.39 is 0 Å². The quantitative estimate of drug-likeness (QED) is 0.818. The molecule has 1 unspecified atom stereocenters. The van der Waals surface area contributed by atoms with Gasteiger partial charge in [-0.15, -0.1) is 0 Å². The predicted octanol–water partition coefficient (Wildman–Crippen LogP) is 4.14. The molecule has 0 bridgehead atoms. The fourth-order valence-corrected chi connectivity index (χ4v) is 2.30. The molecule has 0 spiro atoms. The first kappa shape index (κ1) is 14.3. The molecule has 0 aromatic heterocycles. The first-order chi connectivity index (χ1) is 9.52. The number of carbonyl (C=O) groups is 1. The van der Waals surface area contributed by atoms with Gasteiger partial charge in [-0.2, -0.15) is 0 Å². The fraction of sp³-hybridized carbons (Fsp3) is 0.278. The zero-order valence-corrected chi connectivity index (χ0v) is 12.6. The lowest BCUT2D eigenvalue weighted by Gasteiger charge is -2.26. The number of aryl methyl sites for hydroxylation is 1. The average Bonchev–Trinajstić information content (AvgIpc) is 2.48. The van der Waals surface area contributed by atoms with Crippen LogP contribution in [-0.4, -0.2) is 17.9 Å². The van der Waals surface area contributed by atoms with E-state index in [9.17, 15) is 4.79 Å². The third kappa shape index (κ3) is 2.74. The van der Waals surface area contributed by atoms with E-state index >= 15 is 0 Å². The molecular formula is C18H21NO. The van der Waals surface area contributed by atoms with Gasteiger partial charge in [0.15, 0.2) is 0 Å². The van der Waals surface area contributed by atoms with Crippen LogP contribution in [0, 0.1) is 13.8 Å². The highest BCUT2D eigenvalue weighted by atomic mass is 16.2. The van der Waals surface area contributed by atoms with Gasteiger partial charge in [0.1, 0.15) is 0 Å². The second kappa shape index (κ2) is 5.91. The number of rotatable bonds is 3. The van der Waals surface area contributed by atoms with Crippen LogP contribution in [0.15, 0.2) is 48.5 Å². The molecule has 20 heavy (non-hydrogen) atoms. The van der Waals surface area contributed by atoms with Crippen molar-refractivity contribution in [1.29, 1.82) is 0 Å². The minimum absolute atomic E-state index is 0.0589. The van der Waals surface area contributed by atoms with E-state index in [4.69, 9.17) is 0 Å². The number of amides is 1. The molecule has 0 aliphatic rings. The van der Waals surface area contributed by atoms with Gasteiger partial charge in [-0.25, -0.2) is 0 Å². The van der Waals surface area contributed by atoms with Gasteiger partial charge in [0.05, 0.1) is 6.04 Å². The zero-order chi connectivity index (χ0) is 14.7. The first-order valence-electron chi connectivity index (χ1n) is 6.90. The van der Waals surface area contributed by atoms with Crippen molar-refractivity contribution in [3.63, 3.8) is 0 Å². The topological polar surface area (TPSA) is 20.3 Å². The molecule has 0 radical (unpaired) electrons. The maximum atomic E-state index is 12.7. The number of nitrogens with zero attached hydrogens (tertiary/aromatic N) is 1. The summed E-state index contributed by atoms with van der Waals surface area (Å²) < 4.78 is 0. The van der Waals surface area contributed by atoms with E-state index in [0.717, 1.165) is 22.3 Å². The number of benzene rings is 2. The molecule has 0 N–H and O–H groups in total. The smallest absolute Gasteiger partial charge is 0.254 e. The summed E-state index contributed by atoms with van der Waals surface area (Å²) in [5, 5.41) is 0. The van der Waals surface area contributed by atoms with Crippen molar-refractivity contribution >= 4 is 5.91 Å². The van der Waals surface area contributed by atoms with E-state index in [2.05, 4.69) is 19.1 Å². The normalized spacial score (nSPS) is 12.0. The Morgan fingerprint density at radius 3 is 2.30 bits per heavy atom. The Morgan fingerprint density at radius 1 is 1.00 bits per heavy atom. The SMILES string of the molecule is Cc1cccc(C(=O)N(C)C(C)c2ccccc2)c1C. The molecule has 0 heterocycles. The molecule has 1 atom stereocenters. The van der Waals surface area contributed by atoms with Crippen LogP contribution in [0.1, 0.15) is 40.0 Å². The molecule has 1 amide bonds. The summed E-state index contributed by atoms with van der Waals surface area (Å²) >= 11 is 0. The second-order valence-electron chi connectivity index (χ2n) is 5.25. The lowest BCUT2D eigenvalue weighted by molar-refractivity contribution is 0.0742. The zero-order valence-electron chi connectivity index (χ0n) is 12.6. The number of carbonyl (C=O) groups excluding carboxylic acids is 1. The van der Waals surface area contributed by atoms with Crippen LogP contribution >= 0.6 is 0 Å². The molecule has 0 aliphatic heterocycles. The summed E-state index contributed by atoms with van der Waals surface area (Å²) in [6, 6.07) is 16.0. The van der Waals surface area contributed by atoms with E-state index in [1.807, 2.05) is 57.3 Å². The highest BCUT2D eigenvalue weighted by Gasteiger charge is 2.20. The largest absolute Gasteiger partial charge is 0.335 e. The van der Waals surface area contributed by atoms with E-state index in [1.165, 1.54) is 0 Å². The van der Waals surface area contributed by atoms with Crippen molar-refractivity contribution in [1.82, 2.24) is 4.90 Å². The highest BCUT2D eigenvalue weighted by Crippen LogP contribution is 2.22. The van der Waals surface area contributed by atoms with Crippen molar-refractivity contribution < 1.29 is 4.79 Å². The molecule has 0 fully saturated rings. The Hall–Kier alpha value is -2.09. The van der Waals surface area contributed by atoms with Crippen LogP contribution in [0.2, 0.25) is 0 Å². The van der Waals surface area contributed by atoms with Crippen molar-refractivity contribution in [2.24, 2.45) is 0 Å². The lowest BCUT2D eigenvalue weighted by Crippen LogP contribution is -2.30. The molecule has 2 rings (SSSR count). The van der Waals surface area contributed by atoms with Crippen LogP contribution in [0.4, 0.5) is 0 Å². The first-order valence-corrected chi connectivity index (χ1v) is 6.90. The Bertz CT molecular complexity index is 604. The van der Waals surface area contributed by atoms with Gasteiger partial charge in [0.2, 0.25) is 0 Å². The van der Waals surface area contributed by atoms with Crippen LogP contribution < -0.4 is 0 Å². The standard InChI is InChI=1S/C18H21NO/c1-13-9-8-12-17(14(13)2)18(20)19(4)15(3)16-10-6-5-7-11-16/h5-12,15H,1-4H3. The molecule has 2 aromatic carbocycles. The maximum absolute atomic E-state index is 12.7. The number of hydrogen-bond acceptors (Lipinski definition) is 1. The Labute approximate surface area is 121 Å². The van der Waals surface area contributed by atoms with Gasteiger partial charge in [-0.1, -0.05) is 42.5 Å². The van der Waals surface area contributed by atoms with E-state index in [1.54, 1.807) is 4.90 Å². The van der Waals surface area contributed by atoms with Gasteiger partial charge in [-0.3, -0.25) is 4.79 Å². The Balaban J connectivity index is 2.27. The van der Waals surface area contributed by atoms with Crippen molar-refractivity contribution in [2.75, 3.05) is 7.05 Å². The maximum Gasteiger partial charge on any atom is 0.254 e. The molecule has 0 aliphatic carbocycles. The summed E-state index contributed by atoms with van der Waals surface area (Å²) in [5.74, 6) is 0.0718. The van der Waals surface area contributed by atoms with Crippen LogP contribution in [0.25, 0.3) is 0 Å². The fourth-order valence-electron chi connectivity index (χ4n) is 2.30. The van der Waals surface area contributed by atoms with E-state index in [-0.39, 0.29) is 11.9 Å². The summed E-state index contributed by atoms with van der Waals surface area (Å²) in [7, 11) is 1.86. The number of hydrogen-bond donors (Lipinski definition) is 0. The lowest BCUT2D eigenvalue weighted by atomic mass is 10.0. The Kier molecular flexibility index (Phi) is 4.23. The molecule has 0 saturated heterocycles. The summed E-state index contributed by atoms with van der Waals surface area (Å²) in [5.41, 5.74) is 4.14. The van der Waals surface area contributed by atoms with Crippen molar-refractivity contribution in [3.05, 3.63) is 70.8 Å². The van der Waals surface area contributed by atoms with Gasteiger partial charge in [-0.05, 0) is 43.5 Å². The highest BCUT2D eigenvalue weighted by molar-refractivity contribution is 5.96. The molecule has 0 saturated carbocycles. The van der Waals surface area contributed by atoms with Gasteiger partial charge < -0.3 is 4.90 Å². The third-order valence-corrected chi connectivity index (χ3v) is 4.02. The van der Waals surface area contributed by atoms with Crippen LogP contribution in [-0.2, 0) is 0 Å². The summed E-state index contributed by atoms with van der Waals surface area (Å²) in [4.78, 5) is 14.5. The summed E-state index contributed by atoms with van der Waals surface area (Å²) in [6.45, 7) is 6.09. The monoisotopic (exact) mass is 267 g/mol. The Morgan fingerprint density at radius 2 is 1.65 bits per heavy atom. The summed E-state index contributed by atoms with van der Waals surface area (Å²) in [6.07, 6.45) is 0. The second-order valence-corrected chi connectivity index (χ2v) is 5.25. The van der Waals surface area contributed by atoms with E-state index in [0.29, 0.717) is 0 Å².